The van der Waals surface area contributed by atoms with E-state index in [0.29, 0.717) is 22.7 Å². The third kappa shape index (κ3) is 2.63. The molecule has 0 aliphatic carbocycles. The molecular formula is C19H14N4O2. The molecule has 3 aromatic heterocycles. The van der Waals surface area contributed by atoms with Gasteiger partial charge >= 0.3 is 5.97 Å². The van der Waals surface area contributed by atoms with Crippen molar-refractivity contribution in [1.29, 1.82) is 0 Å². The lowest BCUT2D eigenvalue weighted by molar-refractivity contribution is 0.0696. The smallest absolute Gasteiger partial charge is 0.337 e. The molecule has 0 amide bonds. The molecule has 0 aliphatic heterocycles. The van der Waals surface area contributed by atoms with E-state index in [4.69, 9.17) is 0 Å². The van der Waals surface area contributed by atoms with Crippen LogP contribution in [0, 0.1) is 6.92 Å². The summed E-state index contributed by atoms with van der Waals surface area (Å²) in [5, 5.41) is 18.0. The van der Waals surface area contributed by atoms with Gasteiger partial charge in [-0.3, -0.25) is 9.38 Å². The molecule has 0 spiro atoms. The van der Waals surface area contributed by atoms with Gasteiger partial charge in [-0.05, 0) is 24.6 Å². The molecule has 6 nitrogen and oxygen atoms in total. The van der Waals surface area contributed by atoms with E-state index in [1.165, 1.54) is 6.20 Å². The van der Waals surface area contributed by atoms with Gasteiger partial charge in [0, 0.05) is 23.5 Å². The van der Waals surface area contributed by atoms with Crippen molar-refractivity contribution in [1.82, 2.24) is 19.6 Å². The largest absolute Gasteiger partial charge is 0.478 e. The van der Waals surface area contributed by atoms with Crippen molar-refractivity contribution in [3.05, 3.63) is 72.1 Å². The normalized spacial score (nSPS) is 10.9. The highest BCUT2D eigenvalue weighted by Gasteiger charge is 2.17. The third-order valence-electron chi connectivity index (χ3n) is 3.97. The Morgan fingerprint density at radius 1 is 1.08 bits per heavy atom. The fourth-order valence-corrected chi connectivity index (χ4v) is 2.71. The number of hydrogen-bond acceptors (Lipinski definition) is 4. The number of rotatable bonds is 3. The number of aromatic carboxylic acids is 1. The van der Waals surface area contributed by atoms with Crippen molar-refractivity contribution in [2.75, 3.05) is 0 Å². The molecule has 0 radical (unpaired) electrons. The summed E-state index contributed by atoms with van der Waals surface area (Å²) in [5.74, 6) is -0.421. The molecule has 3 heterocycles. The maximum absolute atomic E-state index is 11.6. The fraction of sp³-hybridized carbons (Fsp3) is 0.0526. The summed E-state index contributed by atoms with van der Waals surface area (Å²) >= 11 is 0. The zero-order valence-electron chi connectivity index (χ0n) is 13.4. The van der Waals surface area contributed by atoms with E-state index in [9.17, 15) is 9.90 Å². The van der Waals surface area contributed by atoms with E-state index in [1.54, 1.807) is 16.7 Å². The first kappa shape index (κ1) is 15.0. The van der Waals surface area contributed by atoms with Crippen molar-refractivity contribution in [3.63, 3.8) is 0 Å². The van der Waals surface area contributed by atoms with Gasteiger partial charge in [0.15, 0.2) is 11.5 Å². The van der Waals surface area contributed by atoms with Gasteiger partial charge < -0.3 is 5.11 Å². The summed E-state index contributed by atoms with van der Waals surface area (Å²) in [7, 11) is 0. The summed E-state index contributed by atoms with van der Waals surface area (Å²) in [6.07, 6.45) is 3.28. The summed E-state index contributed by atoms with van der Waals surface area (Å²) in [6.45, 7) is 1.95. The minimum atomic E-state index is -1.01. The van der Waals surface area contributed by atoms with Crippen LogP contribution in [0.4, 0.5) is 0 Å². The molecule has 0 unspecified atom stereocenters. The second-order valence-corrected chi connectivity index (χ2v) is 5.75. The van der Waals surface area contributed by atoms with Crippen LogP contribution in [0.25, 0.3) is 28.3 Å². The summed E-state index contributed by atoms with van der Waals surface area (Å²) in [5.41, 5.74) is 3.91. The highest BCUT2D eigenvalue weighted by molar-refractivity contribution is 5.91. The molecule has 0 fully saturated rings. The maximum Gasteiger partial charge on any atom is 0.337 e. The van der Waals surface area contributed by atoms with Crippen LogP contribution in [0.15, 0.2) is 60.9 Å². The van der Waals surface area contributed by atoms with E-state index in [-0.39, 0.29) is 5.56 Å². The van der Waals surface area contributed by atoms with Gasteiger partial charge in [0.25, 0.3) is 0 Å². The number of hydrogen-bond donors (Lipinski definition) is 1. The Hall–Kier alpha value is -3.54. The van der Waals surface area contributed by atoms with Crippen LogP contribution in [-0.4, -0.2) is 30.7 Å². The molecule has 4 aromatic rings. The van der Waals surface area contributed by atoms with Crippen molar-refractivity contribution in [2.45, 2.75) is 6.92 Å². The highest BCUT2D eigenvalue weighted by atomic mass is 16.4. The molecule has 1 N–H and O–H groups in total. The van der Waals surface area contributed by atoms with Crippen LogP contribution < -0.4 is 0 Å². The first-order valence-electron chi connectivity index (χ1n) is 7.74. The minimum absolute atomic E-state index is 0.154. The van der Waals surface area contributed by atoms with Crippen LogP contribution in [0.3, 0.4) is 0 Å². The lowest BCUT2D eigenvalue weighted by Crippen LogP contribution is -2.02. The molecule has 4 rings (SSSR count). The second-order valence-electron chi connectivity index (χ2n) is 5.75. The minimum Gasteiger partial charge on any atom is -0.478 e. The molecule has 0 bridgehead atoms. The SMILES string of the molecule is Cc1ccc(-c2cc(C(=O)O)cn3c(-c4ccccc4)nnc23)nc1. The summed E-state index contributed by atoms with van der Waals surface area (Å²) in [4.78, 5) is 16.0. The predicted molar refractivity (Wildman–Crippen MR) is 93.4 cm³/mol. The summed E-state index contributed by atoms with van der Waals surface area (Å²) in [6, 6.07) is 14.9. The lowest BCUT2D eigenvalue weighted by atomic mass is 10.1. The van der Waals surface area contributed by atoms with Crippen molar-refractivity contribution in [3.8, 4) is 22.6 Å². The predicted octanol–water partition coefficient (Wildman–Crippen LogP) is 3.46. The van der Waals surface area contributed by atoms with Gasteiger partial charge in [0.2, 0.25) is 0 Å². The zero-order valence-corrected chi connectivity index (χ0v) is 13.4. The van der Waals surface area contributed by atoms with E-state index in [2.05, 4.69) is 15.2 Å². The van der Waals surface area contributed by atoms with Gasteiger partial charge in [-0.1, -0.05) is 36.4 Å². The molecule has 0 saturated carbocycles. The third-order valence-corrected chi connectivity index (χ3v) is 3.97. The number of carboxylic acid groups (broad SMARTS) is 1. The van der Waals surface area contributed by atoms with Crippen LogP contribution in [0.5, 0.6) is 0 Å². The number of benzene rings is 1. The Morgan fingerprint density at radius 3 is 2.56 bits per heavy atom. The Balaban J connectivity index is 2.01. The number of aryl methyl sites for hydroxylation is 1. The van der Waals surface area contributed by atoms with Crippen molar-refractivity contribution in [2.24, 2.45) is 0 Å². The standard InChI is InChI=1S/C19H14N4O2/c1-12-7-8-16(20-10-12)15-9-14(19(24)25)11-23-17(21-22-18(15)23)13-5-3-2-4-6-13/h2-11H,1H3,(H,24,25). The number of carbonyl (C=O) groups is 1. The molecular weight excluding hydrogens is 316 g/mol. The number of pyridine rings is 2. The van der Waals surface area contributed by atoms with Crippen LogP contribution >= 0.6 is 0 Å². The van der Waals surface area contributed by atoms with Gasteiger partial charge in [-0.25, -0.2) is 4.79 Å². The van der Waals surface area contributed by atoms with Crippen molar-refractivity contribution < 1.29 is 9.90 Å². The molecule has 0 aliphatic rings. The molecule has 0 atom stereocenters. The van der Waals surface area contributed by atoms with Gasteiger partial charge in [0.1, 0.15) is 0 Å². The van der Waals surface area contributed by atoms with Crippen LogP contribution in [0.1, 0.15) is 15.9 Å². The van der Waals surface area contributed by atoms with E-state index < -0.39 is 5.97 Å². The molecule has 1 aromatic carbocycles. The topological polar surface area (TPSA) is 80.4 Å². The average molecular weight is 330 g/mol. The molecule has 0 saturated heterocycles. The van der Waals surface area contributed by atoms with Crippen LogP contribution in [-0.2, 0) is 0 Å². The molecule has 25 heavy (non-hydrogen) atoms. The van der Waals surface area contributed by atoms with Gasteiger partial charge in [-0.15, -0.1) is 10.2 Å². The monoisotopic (exact) mass is 330 g/mol. The van der Waals surface area contributed by atoms with Crippen LogP contribution in [0.2, 0.25) is 0 Å². The van der Waals surface area contributed by atoms with Gasteiger partial charge in [-0.2, -0.15) is 0 Å². The Labute approximate surface area is 143 Å². The lowest BCUT2D eigenvalue weighted by Gasteiger charge is -2.07. The van der Waals surface area contributed by atoms with E-state index in [1.807, 2.05) is 49.4 Å². The quantitative estimate of drug-likeness (QED) is 0.622. The Morgan fingerprint density at radius 2 is 1.88 bits per heavy atom. The van der Waals surface area contributed by atoms with E-state index >= 15 is 0 Å². The number of aromatic nitrogens is 4. The Kier molecular flexibility index (Phi) is 3.50. The maximum atomic E-state index is 11.6. The highest BCUT2D eigenvalue weighted by Crippen LogP contribution is 2.27. The van der Waals surface area contributed by atoms with E-state index in [0.717, 1.165) is 11.1 Å². The number of nitrogens with zero attached hydrogens (tertiary/aromatic N) is 4. The number of carboxylic acids is 1. The first-order chi connectivity index (χ1) is 12.1. The summed E-state index contributed by atoms with van der Waals surface area (Å²) < 4.78 is 1.70. The fourth-order valence-electron chi connectivity index (χ4n) is 2.71. The second kappa shape index (κ2) is 5.83. The Bertz CT molecular complexity index is 1070. The number of fused-ring (bicyclic) bond motifs is 1. The zero-order chi connectivity index (χ0) is 17.4. The molecule has 6 heteroatoms. The average Bonchev–Trinajstić information content (AvgIpc) is 3.06. The first-order valence-corrected chi connectivity index (χ1v) is 7.74. The van der Waals surface area contributed by atoms with Crippen molar-refractivity contribution >= 4 is 11.6 Å². The van der Waals surface area contributed by atoms with Gasteiger partial charge in [0.05, 0.1) is 11.3 Å². The molecule has 122 valence electrons.